The van der Waals surface area contributed by atoms with Crippen LogP contribution in [0.3, 0.4) is 0 Å². The van der Waals surface area contributed by atoms with E-state index in [1.807, 2.05) is 0 Å². The van der Waals surface area contributed by atoms with Crippen molar-refractivity contribution in [2.75, 3.05) is 5.75 Å². The number of ether oxygens (including phenoxy) is 1. The quantitative estimate of drug-likeness (QED) is 0.264. The Morgan fingerprint density at radius 2 is 1.72 bits per heavy atom. The molecule has 1 aliphatic rings. The number of hydrogen-bond donors (Lipinski definition) is 2. The molecule has 0 aliphatic heterocycles. The summed E-state index contributed by atoms with van der Waals surface area (Å²) in [5.41, 5.74) is -0.344. The van der Waals surface area contributed by atoms with Gasteiger partial charge in [-0.1, -0.05) is 42.5 Å². The van der Waals surface area contributed by atoms with E-state index in [0.717, 1.165) is 29.3 Å². The first-order valence-electron chi connectivity index (χ1n) is 12.1. The lowest BCUT2D eigenvalue weighted by atomic mass is 10.0. The number of carboxylic acids is 1. The monoisotopic (exact) mass is 567 g/mol. The zero-order chi connectivity index (χ0) is 28.6. The molecule has 3 aromatic rings. The summed E-state index contributed by atoms with van der Waals surface area (Å²) >= 11 is 1.06. The van der Waals surface area contributed by atoms with Gasteiger partial charge in [0.2, 0.25) is 0 Å². The first-order chi connectivity index (χ1) is 18.2. The molecular weight excluding hydrogens is 541 g/mol. The minimum absolute atomic E-state index is 0.0291. The largest absolute Gasteiger partial charge is 0.487 e. The Balaban J connectivity index is 1.57. The average molecular weight is 568 g/mol. The van der Waals surface area contributed by atoms with Gasteiger partial charge in [-0.15, -0.1) is 0 Å². The van der Waals surface area contributed by atoms with Crippen LogP contribution < -0.4 is 10.1 Å². The number of halogens is 5. The van der Waals surface area contributed by atoms with Crippen LogP contribution in [0.15, 0.2) is 60.7 Å². The van der Waals surface area contributed by atoms with Crippen molar-refractivity contribution in [3.05, 3.63) is 77.4 Å². The summed E-state index contributed by atoms with van der Waals surface area (Å²) < 4.78 is 70.2. The maximum atomic E-state index is 13.4. The Kier molecular flexibility index (Phi) is 7.84. The number of benzene rings is 3. The highest BCUT2D eigenvalue weighted by atomic mass is 32.2. The SMILES string of the molecule is CC(C)(SCC1CC1(F)F)[C@H](NC(=O)c1ccc2ccccc2c1OCc1ccc(C(F)(F)F)cc1)C(=O)O. The van der Waals surface area contributed by atoms with Gasteiger partial charge in [0.15, 0.2) is 0 Å². The molecule has 0 saturated heterocycles. The second-order valence-corrected chi connectivity index (χ2v) is 11.6. The van der Waals surface area contributed by atoms with E-state index < -0.39 is 46.2 Å². The van der Waals surface area contributed by atoms with Gasteiger partial charge in [-0.3, -0.25) is 4.79 Å². The van der Waals surface area contributed by atoms with Gasteiger partial charge < -0.3 is 15.2 Å². The van der Waals surface area contributed by atoms with Gasteiger partial charge in [-0.05, 0) is 43.0 Å². The highest BCUT2D eigenvalue weighted by Crippen LogP contribution is 2.51. The predicted octanol–water partition coefficient (Wildman–Crippen LogP) is 6.79. The molecule has 1 aliphatic carbocycles. The van der Waals surface area contributed by atoms with Crippen molar-refractivity contribution in [2.45, 2.75) is 49.8 Å². The summed E-state index contributed by atoms with van der Waals surface area (Å²) in [5, 5.41) is 13.7. The van der Waals surface area contributed by atoms with E-state index in [9.17, 15) is 36.6 Å². The molecule has 2 atom stereocenters. The van der Waals surface area contributed by atoms with Gasteiger partial charge >= 0.3 is 12.1 Å². The topological polar surface area (TPSA) is 75.6 Å². The minimum atomic E-state index is -4.48. The van der Waals surface area contributed by atoms with Gasteiger partial charge in [-0.25, -0.2) is 13.6 Å². The van der Waals surface area contributed by atoms with Crippen LogP contribution >= 0.6 is 11.8 Å². The molecule has 1 fully saturated rings. The van der Waals surface area contributed by atoms with E-state index in [4.69, 9.17) is 4.74 Å². The predicted molar refractivity (Wildman–Crippen MR) is 138 cm³/mol. The van der Waals surface area contributed by atoms with Crippen LogP contribution in [-0.4, -0.2) is 39.4 Å². The summed E-state index contributed by atoms with van der Waals surface area (Å²) in [6.07, 6.45) is -4.72. The van der Waals surface area contributed by atoms with E-state index >= 15 is 0 Å². The summed E-state index contributed by atoms with van der Waals surface area (Å²) in [5.74, 6) is -5.44. The molecule has 4 rings (SSSR count). The van der Waals surface area contributed by atoms with Crippen molar-refractivity contribution in [1.82, 2.24) is 5.32 Å². The second-order valence-electron chi connectivity index (χ2n) is 9.97. The molecule has 0 heterocycles. The number of amides is 1. The molecule has 5 nitrogen and oxygen atoms in total. The Hall–Kier alpha value is -3.34. The first kappa shape index (κ1) is 28.7. The van der Waals surface area contributed by atoms with E-state index in [0.29, 0.717) is 10.9 Å². The van der Waals surface area contributed by atoms with Crippen LogP contribution in [0.25, 0.3) is 10.8 Å². The molecule has 2 N–H and O–H groups in total. The van der Waals surface area contributed by atoms with Crippen LogP contribution in [0.2, 0.25) is 0 Å². The van der Waals surface area contributed by atoms with Gasteiger partial charge in [0.25, 0.3) is 11.8 Å². The molecule has 3 aromatic carbocycles. The lowest BCUT2D eigenvalue weighted by Gasteiger charge is -2.31. The molecule has 0 aromatic heterocycles. The van der Waals surface area contributed by atoms with Gasteiger partial charge in [0.05, 0.1) is 11.1 Å². The number of rotatable bonds is 10. The Morgan fingerprint density at radius 1 is 1.08 bits per heavy atom. The third kappa shape index (κ3) is 6.63. The molecule has 0 radical (unpaired) electrons. The Morgan fingerprint density at radius 3 is 2.31 bits per heavy atom. The number of hydrogen-bond acceptors (Lipinski definition) is 4. The average Bonchev–Trinajstić information content (AvgIpc) is 3.50. The molecule has 1 amide bonds. The van der Waals surface area contributed by atoms with E-state index in [2.05, 4.69) is 5.32 Å². The lowest BCUT2D eigenvalue weighted by molar-refractivity contribution is -0.140. The van der Waals surface area contributed by atoms with Crippen molar-refractivity contribution in [2.24, 2.45) is 5.92 Å². The number of carboxylic acid groups (broad SMARTS) is 1. The highest BCUT2D eigenvalue weighted by Gasteiger charge is 2.57. The van der Waals surface area contributed by atoms with E-state index in [1.54, 1.807) is 44.2 Å². The summed E-state index contributed by atoms with van der Waals surface area (Å²) in [4.78, 5) is 25.5. The molecule has 1 saturated carbocycles. The number of fused-ring (bicyclic) bond motifs is 1. The van der Waals surface area contributed by atoms with Crippen LogP contribution in [-0.2, 0) is 17.6 Å². The number of nitrogens with one attached hydrogen (secondary N) is 1. The van der Waals surface area contributed by atoms with Gasteiger partial charge in [-0.2, -0.15) is 24.9 Å². The normalized spacial score (nSPS) is 17.5. The molecule has 208 valence electrons. The number of carbonyl (C=O) groups excluding carboxylic acids is 1. The van der Waals surface area contributed by atoms with Crippen molar-refractivity contribution in [3.63, 3.8) is 0 Å². The van der Waals surface area contributed by atoms with Crippen LogP contribution in [0.5, 0.6) is 5.75 Å². The molecular formula is C28H26F5NO4S. The fourth-order valence-electron chi connectivity index (χ4n) is 4.11. The third-order valence-corrected chi connectivity index (χ3v) is 8.17. The van der Waals surface area contributed by atoms with Crippen molar-refractivity contribution < 1.29 is 41.4 Å². The maximum Gasteiger partial charge on any atom is 0.416 e. The fraction of sp³-hybridized carbons (Fsp3) is 0.357. The van der Waals surface area contributed by atoms with Crippen molar-refractivity contribution in [3.8, 4) is 5.75 Å². The number of carbonyl (C=O) groups is 2. The van der Waals surface area contributed by atoms with Gasteiger partial charge in [0.1, 0.15) is 18.4 Å². The Labute approximate surface area is 225 Å². The smallest absolute Gasteiger partial charge is 0.416 e. The second kappa shape index (κ2) is 10.7. The van der Waals surface area contributed by atoms with Crippen LogP contribution in [0.4, 0.5) is 22.0 Å². The number of thioether (sulfide) groups is 1. The van der Waals surface area contributed by atoms with Crippen molar-refractivity contribution >= 4 is 34.4 Å². The molecule has 0 spiro atoms. The van der Waals surface area contributed by atoms with Crippen LogP contribution in [0, 0.1) is 5.92 Å². The van der Waals surface area contributed by atoms with Gasteiger partial charge in [0, 0.05) is 28.2 Å². The van der Waals surface area contributed by atoms with E-state index in [1.165, 1.54) is 18.2 Å². The summed E-state index contributed by atoms with van der Waals surface area (Å²) in [6.45, 7) is 2.99. The summed E-state index contributed by atoms with van der Waals surface area (Å²) in [6, 6.07) is 13.2. The van der Waals surface area contributed by atoms with E-state index in [-0.39, 0.29) is 30.1 Å². The standard InChI is InChI=1S/C28H26F5NO4S/c1-26(2,39-15-19-13-27(19,29)30)23(25(36)37)34-24(35)21-12-9-17-5-3-4-6-20(17)22(21)38-14-16-7-10-18(11-8-16)28(31,32)33/h3-12,19,23H,13-15H2,1-2H3,(H,34,35)(H,36,37)/t19?,23-/m1/s1. The number of alkyl halides is 5. The lowest BCUT2D eigenvalue weighted by Crippen LogP contribution is -2.52. The highest BCUT2D eigenvalue weighted by molar-refractivity contribution is 8.00. The maximum absolute atomic E-state index is 13.4. The number of aliphatic carboxylic acids is 1. The minimum Gasteiger partial charge on any atom is -0.487 e. The third-order valence-electron chi connectivity index (χ3n) is 6.62. The molecule has 0 bridgehead atoms. The Bertz CT molecular complexity index is 1370. The summed E-state index contributed by atoms with van der Waals surface area (Å²) in [7, 11) is 0. The molecule has 11 heteroatoms. The zero-order valence-corrected chi connectivity index (χ0v) is 21.8. The molecule has 39 heavy (non-hydrogen) atoms. The van der Waals surface area contributed by atoms with Crippen molar-refractivity contribution in [1.29, 1.82) is 0 Å². The van der Waals surface area contributed by atoms with Crippen LogP contribution in [0.1, 0.15) is 41.8 Å². The fourth-order valence-corrected chi connectivity index (χ4v) is 5.43. The molecule has 1 unspecified atom stereocenters. The first-order valence-corrected chi connectivity index (χ1v) is 13.0. The zero-order valence-electron chi connectivity index (χ0n) is 21.0.